The Hall–Kier alpha value is -2.53. The van der Waals surface area contributed by atoms with E-state index in [4.69, 9.17) is 9.47 Å². The van der Waals surface area contributed by atoms with Crippen LogP contribution in [0.1, 0.15) is 96.5 Å². The first-order valence-corrected chi connectivity index (χ1v) is 13.6. The van der Waals surface area contributed by atoms with Gasteiger partial charge in [0.25, 0.3) is 0 Å². The number of nitrogens with zero attached hydrogens (tertiary/aromatic N) is 2. The highest BCUT2D eigenvalue weighted by molar-refractivity contribution is 5.72. The molecule has 0 aliphatic heterocycles. The van der Waals surface area contributed by atoms with E-state index in [-0.39, 0.29) is 12.4 Å². The molecule has 0 aliphatic rings. The predicted octanol–water partition coefficient (Wildman–Crippen LogP) is 9.29. The first-order chi connectivity index (χ1) is 17.2. The number of carbonyl (C=O) groups is 1. The van der Waals surface area contributed by atoms with Gasteiger partial charge < -0.3 is 9.47 Å². The van der Waals surface area contributed by atoms with E-state index in [2.05, 4.69) is 36.2 Å². The smallest absolute Gasteiger partial charge is 0.313 e. The zero-order valence-electron chi connectivity index (χ0n) is 21.8. The Morgan fingerprint density at radius 2 is 1.20 bits per heavy atom. The van der Waals surface area contributed by atoms with Gasteiger partial charge in [-0.1, -0.05) is 83.8 Å². The second kappa shape index (κ2) is 18.8. The molecule has 0 amide bonds. The van der Waals surface area contributed by atoms with Gasteiger partial charge in [-0.05, 0) is 61.2 Å². The van der Waals surface area contributed by atoms with E-state index in [0.717, 1.165) is 18.5 Å². The summed E-state index contributed by atoms with van der Waals surface area (Å²) in [5, 5.41) is 8.61. The third-order valence-electron chi connectivity index (χ3n) is 5.95. The van der Waals surface area contributed by atoms with Gasteiger partial charge in [-0.3, -0.25) is 4.79 Å². The second-order valence-electron chi connectivity index (χ2n) is 9.13. The molecule has 192 valence electrons. The monoisotopic (exact) mass is 480 g/mol. The van der Waals surface area contributed by atoms with Crippen molar-refractivity contribution in [3.05, 3.63) is 54.1 Å². The minimum absolute atomic E-state index is 0.255. The van der Waals surface area contributed by atoms with Gasteiger partial charge >= 0.3 is 5.97 Å². The Bertz CT molecular complexity index is 832. The van der Waals surface area contributed by atoms with Crippen LogP contribution in [0.3, 0.4) is 0 Å². The number of ether oxygens (including phenoxy) is 2. The summed E-state index contributed by atoms with van der Waals surface area (Å²) in [7, 11) is 0. The molecule has 0 aliphatic carbocycles. The normalized spacial score (nSPS) is 11.3. The Labute approximate surface area is 212 Å². The molecular formula is C30H44N2O3. The molecule has 0 aromatic heterocycles. The first-order valence-electron chi connectivity index (χ1n) is 13.6. The molecule has 0 bridgehead atoms. The summed E-state index contributed by atoms with van der Waals surface area (Å²) in [5.41, 5.74) is 2.90. The van der Waals surface area contributed by atoms with Crippen LogP contribution in [0.4, 0.5) is 11.4 Å². The van der Waals surface area contributed by atoms with Crippen LogP contribution in [0.2, 0.25) is 0 Å². The minimum Gasteiger partial charge on any atom is -0.426 e. The largest absolute Gasteiger partial charge is 0.426 e. The number of esters is 1. The third kappa shape index (κ3) is 13.8. The van der Waals surface area contributed by atoms with Crippen LogP contribution in [0.25, 0.3) is 0 Å². The lowest BCUT2D eigenvalue weighted by molar-refractivity contribution is -0.135. The van der Waals surface area contributed by atoms with Crippen molar-refractivity contribution < 1.29 is 14.3 Å². The maximum absolute atomic E-state index is 12.0. The summed E-state index contributed by atoms with van der Waals surface area (Å²) >= 11 is 0. The zero-order chi connectivity index (χ0) is 25.0. The van der Waals surface area contributed by atoms with Gasteiger partial charge in [0.05, 0.1) is 24.4 Å². The van der Waals surface area contributed by atoms with Crippen LogP contribution in [0, 0.1) is 0 Å². The minimum atomic E-state index is -0.286. The Balaban J connectivity index is 1.64. The van der Waals surface area contributed by atoms with Gasteiger partial charge in [-0.2, -0.15) is 10.2 Å². The van der Waals surface area contributed by atoms with Crippen LogP contribution >= 0.6 is 0 Å². The molecule has 2 rings (SSSR count). The van der Waals surface area contributed by atoms with Crippen LogP contribution in [-0.2, 0) is 16.0 Å². The molecule has 0 fully saturated rings. The van der Waals surface area contributed by atoms with E-state index in [1.807, 2.05) is 12.1 Å². The molecule has 2 aromatic carbocycles. The van der Waals surface area contributed by atoms with Gasteiger partial charge in [0.1, 0.15) is 5.75 Å². The Morgan fingerprint density at radius 3 is 1.83 bits per heavy atom. The summed E-state index contributed by atoms with van der Waals surface area (Å²) in [5.74, 6) is 0.221. The summed E-state index contributed by atoms with van der Waals surface area (Å²) in [4.78, 5) is 12.0. The predicted molar refractivity (Wildman–Crippen MR) is 144 cm³/mol. The van der Waals surface area contributed by atoms with Crippen molar-refractivity contribution in [1.82, 2.24) is 0 Å². The SMILES string of the molecule is CCCCCCCCc1ccc(/N=N/c2ccc(OC(=O)CCOCCCCCCC)cc2)cc1. The number of rotatable bonds is 19. The van der Waals surface area contributed by atoms with Crippen LogP contribution < -0.4 is 4.74 Å². The van der Waals surface area contributed by atoms with Crippen LogP contribution in [0.15, 0.2) is 58.8 Å². The molecule has 5 heteroatoms. The van der Waals surface area contributed by atoms with Gasteiger partial charge in [0.2, 0.25) is 0 Å². The highest BCUT2D eigenvalue weighted by Gasteiger charge is 2.05. The van der Waals surface area contributed by atoms with E-state index in [1.165, 1.54) is 69.8 Å². The van der Waals surface area contributed by atoms with E-state index in [1.54, 1.807) is 24.3 Å². The number of hydrogen-bond acceptors (Lipinski definition) is 5. The van der Waals surface area contributed by atoms with Crippen molar-refractivity contribution in [2.75, 3.05) is 13.2 Å². The summed E-state index contributed by atoms with van der Waals surface area (Å²) in [6.45, 7) is 5.56. The Morgan fingerprint density at radius 1 is 0.657 bits per heavy atom. The van der Waals surface area contributed by atoms with E-state index < -0.39 is 0 Å². The molecule has 0 saturated heterocycles. The fourth-order valence-electron chi connectivity index (χ4n) is 3.78. The molecule has 0 heterocycles. The second-order valence-corrected chi connectivity index (χ2v) is 9.13. The maximum Gasteiger partial charge on any atom is 0.313 e. The standard InChI is InChI=1S/C30H44N2O3/c1-3-5-7-9-10-12-14-26-15-17-27(18-16-26)31-32-28-19-21-29(22-20-28)35-30(33)23-25-34-24-13-11-8-6-4-2/h15-22H,3-14,23-25H2,1-2H3/b32-31+. The zero-order valence-corrected chi connectivity index (χ0v) is 21.8. The van der Waals surface area contributed by atoms with Crippen molar-refractivity contribution in [3.8, 4) is 5.75 Å². The average molecular weight is 481 g/mol. The summed E-state index contributed by atoms with van der Waals surface area (Å²) in [6.07, 6.45) is 15.3. The number of carbonyl (C=O) groups excluding carboxylic acids is 1. The number of hydrogen-bond donors (Lipinski definition) is 0. The molecule has 0 saturated carbocycles. The van der Waals surface area contributed by atoms with Crippen molar-refractivity contribution in [1.29, 1.82) is 0 Å². The Kier molecular flexibility index (Phi) is 15.4. The van der Waals surface area contributed by atoms with Crippen molar-refractivity contribution >= 4 is 17.3 Å². The highest BCUT2D eigenvalue weighted by atomic mass is 16.5. The van der Waals surface area contributed by atoms with E-state index >= 15 is 0 Å². The lowest BCUT2D eigenvalue weighted by Crippen LogP contribution is -2.11. The number of azo groups is 1. The topological polar surface area (TPSA) is 60.2 Å². The van der Waals surface area contributed by atoms with E-state index in [0.29, 0.717) is 24.7 Å². The molecule has 2 aromatic rings. The lowest BCUT2D eigenvalue weighted by atomic mass is 10.0. The fraction of sp³-hybridized carbons (Fsp3) is 0.567. The van der Waals surface area contributed by atoms with Crippen molar-refractivity contribution in [2.45, 2.75) is 97.3 Å². The first kappa shape index (κ1) is 28.7. The van der Waals surface area contributed by atoms with E-state index in [9.17, 15) is 4.79 Å². The molecule has 0 spiro atoms. The average Bonchev–Trinajstić information content (AvgIpc) is 2.88. The third-order valence-corrected chi connectivity index (χ3v) is 5.95. The van der Waals surface area contributed by atoms with Gasteiger partial charge in [0.15, 0.2) is 0 Å². The molecule has 0 atom stereocenters. The van der Waals surface area contributed by atoms with Gasteiger partial charge in [-0.25, -0.2) is 0 Å². The van der Waals surface area contributed by atoms with Crippen LogP contribution in [0.5, 0.6) is 5.75 Å². The molecule has 0 N–H and O–H groups in total. The lowest BCUT2D eigenvalue weighted by Gasteiger charge is -2.06. The van der Waals surface area contributed by atoms with Gasteiger partial charge in [0, 0.05) is 6.61 Å². The quantitative estimate of drug-likeness (QED) is 0.0871. The maximum atomic E-state index is 12.0. The molecule has 0 unspecified atom stereocenters. The van der Waals surface area contributed by atoms with Crippen LogP contribution in [-0.4, -0.2) is 19.2 Å². The summed E-state index contributed by atoms with van der Waals surface area (Å²) in [6, 6.07) is 15.4. The number of unbranched alkanes of at least 4 members (excludes halogenated alkanes) is 9. The highest BCUT2D eigenvalue weighted by Crippen LogP contribution is 2.22. The number of benzene rings is 2. The molecule has 0 radical (unpaired) electrons. The fourth-order valence-corrected chi connectivity index (χ4v) is 3.78. The molecule has 5 nitrogen and oxygen atoms in total. The molecular weight excluding hydrogens is 436 g/mol. The number of aryl methyl sites for hydroxylation is 1. The molecule has 35 heavy (non-hydrogen) atoms. The van der Waals surface area contributed by atoms with Gasteiger partial charge in [-0.15, -0.1) is 0 Å². The van der Waals surface area contributed by atoms with Crippen molar-refractivity contribution in [2.24, 2.45) is 10.2 Å². The summed E-state index contributed by atoms with van der Waals surface area (Å²) < 4.78 is 10.9. The van der Waals surface area contributed by atoms with Crippen molar-refractivity contribution in [3.63, 3.8) is 0 Å².